The molecule has 0 aliphatic carbocycles. The minimum absolute atomic E-state index is 0.0155. The van der Waals surface area contributed by atoms with E-state index < -0.39 is 0 Å². The summed E-state index contributed by atoms with van der Waals surface area (Å²) in [5, 5.41) is 2.86. The minimum atomic E-state index is -0.0155. The lowest BCUT2D eigenvalue weighted by atomic mass is 10.1. The number of rotatable bonds is 3. The lowest BCUT2D eigenvalue weighted by Crippen LogP contribution is -2.17. The third-order valence-corrected chi connectivity index (χ3v) is 2.78. The molecule has 4 nitrogen and oxygen atoms in total. The second-order valence-electron chi connectivity index (χ2n) is 4.60. The number of nitrogens with zero attached hydrogens (tertiary/aromatic N) is 1. The van der Waals surface area contributed by atoms with Gasteiger partial charge in [-0.2, -0.15) is 0 Å². The van der Waals surface area contributed by atoms with Gasteiger partial charge in [0.15, 0.2) is 0 Å². The van der Waals surface area contributed by atoms with E-state index in [4.69, 9.17) is 0 Å². The number of anilines is 1. The summed E-state index contributed by atoms with van der Waals surface area (Å²) in [6.45, 7) is 5.73. The van der Waals surface area contributed by atoms with Gasteiger partial charge in [0.2, 0.25) is 5.91 Å². The zero-order chi connectivity index (χ0) is 13.1. The second kappa shape index (κ2) is 5.04. The number of amides is 1. The highest BCUT2D eigenvalue weighted by molar-refractivity contribution is 5.92. The maximum absolute atomic E-state index is 11.6. The number of hydrogen-bond acceptors (Lipinski definition) is 2. The molecule has 0 aliphatic rings. The van der Waals surface area contributed by atoms with Crippen molar-refractivity contribution < 1.29 is 4.79 Å². The second-order valence-corrected chi connectivity index (χ2v) is 4.60. The van der Waals surface area contributed by atoms with E-state index in [2.05, 4.69) is 15.3 Å². The van der Waals surface area contributed by atoms with Gasteiger partial charge in [0.05, 0.1) is 12.0 Å². The van der Waals surface area contributed by atoms with E-state index in [-0.39, 0.29) is 11.8 Å². The van der Waals surface area contributed by atoms with Gasteiger partial charge in [0, 0.05) is 22.9 Å². The zero-order valence-electron chi connectivity index (χ0n) is 10.8. The molecule has 0 fully saturated rings. The number of nitrogens with one attached hydrogen (secondary N) is 2. The van der Waals surface area contributed by atoms with E-state index in [1.54, 1.807) is 6.33 Å². The fourth-order valence-electron chi connectivity index (χ4n) is 1.65. The van der Waals surface area contributed by atoms with Gasteiger partial charge in [-0.3, -0.25) is 4.79 Å². The molecule has 1 heterocycles. The summed E-state index contributed by atoms with van der Waals surface area (Å²) in [5.74, 6) is 0.0111. The molecular formula is C14H17N3O. The highest BCUT2D eigenvalue weighted by Crippen LogP contribution is 2.21. The van der Waals surface area contributed by atoms with E-state index in [1.165, 1.54) is 0 Å². The summed E-state index contributed by atoms with van der Waals surface area (Å²) in [7, 11) is 0. The lowest BCUT2D eigenvalue weighted by Gasteiger charge is -2.08. The van der Waals surface area contributed by atoms with E-state index in [9.17, 15) is 4.79 Å². The molecule has 2 aromatic rings. The van der Waals surface area contributed by atoms with Crippen LogP contribution in [0.15, 0.2) is 30.6 Å². The molecule has 0 saturated heterocycles. The molecule has 1 amide bonds. The Kier molecular flexibility index (Phi) is 3.46. The van der Waals surface area contributed by atoms with Crippen molar-refractivity contribution >= 4 is 11.6 Å². The summed E-state index contributed by atoms with van der Waals surface area (Å²) in [6.07, 6.45) is 1.68. The van der Waals surface area contributed by atoms with Gasteiger partial charge in [0.25, 0.3) is 0 Å². The van der Waals surface area contributed by atoms with E-state index in [0.29, 0.717) is 0 Å². The van der Waals surface area contributed by atoms with Gasteiger partial charge < -0.3 is 10.3 Å². The quantitative estimate of drug-likeness (QED) is 0.870. The summed E-state index contributed by atoms with van der Waals surface area (Å²) in [5.41, 5.74) is 3.83. The molecule has 4 heteroatoms. The molecule has 1 aromatic heterocycles. The van der Waals surface area contributed by atoms with Gasteiger partial charge >= 0.3 is 0 Å². The Morgan fingerprint density at radius 3 is 2.44 bits per heavy atom. The van der Waals surface area contributed by atoms with Crippen molar-refractivity contribution in [1.29, 1.82) is 0 Å². The summed E-state index contributed by atoms with van der Waals surface area (Å²) < 4.78 is 0. The highest BCUT2D eigenvalue weighted by Gasteiger charge is 2.08. The SMILES string of the molecule is Cc1[nH]cnc1-c1ccc(NC(=O)C(C)C)cc1. The normalized spacial score (nSPS) is 10.7. The first-order valence-corrected chi connectivity index (χ1v) is 5.99. The van der Waals surface area contributed by atoms with Crippen LogP contribution in [0.2, 0.25) is 0 Å². The van der Waals surface area contributed by atoms with Gasteiger partial charge in [-0.25, -0.2) is 4.98 Å². The molecule has 0 atom stereocenters. The summed E-state index contributed by atoms with van der Waals surface area (Å²) in [4.78, 5) is 18.9. The van der Waals surface area contributed by atoms with Crippen molar-refractivity contribution in [2.75, 3.05) is 5.32 Å². The average molecular weight is 243 g/mol. The molecule has 94 valence electrons. The molecule has 0 aliphatic heterocycles. The van der Waals surface area contributed by atoms with Crippen molar-refractivity contribution in [3.05, 3.63) is 36.3 Å². The predicted octanol–water partition coefficient (Wildman–Crippen LogP) is 2.98. The highest BCUT2D eigenvalue weighted by atomic mass is 16.1. The van der Waals surface area contributed by atoms with Crippen molar-refractivity contribution in [3.8, 4) is 11.3 Å². The van der Waals surface area contributed by atoms with Crippen molar-refractivity contribution in [3.63, 3.8) is 0 Å². The molecule has 2 N–H and O–H groups in total. The van der Waals surface area contributed by atoms with Crippen LogP contribution in [0.4, 0.5) is 5.69 Å². The van der Waals surface area contributed by atoms with Crippen LogP contribution >= 0.6 is 0 Å². The minimum Gasteiger partial charge on any atom is -0.348 e. The van der Waals surface area contributed by atoms with Gasteiger partial charge in [0.1, 0.15) is 0 Å². The van der Waals surface area contributed by atoms with Crippen LogP contribution in [-0.2, 0) is 4.79 Å². The molecule has 0 saturated carbocycles. The maximum atomic E-state index is 11.6. The molecule has 0 bridgehead atoms. The van der Waals surface area contributed by atoms with Gasteiger partial charge in [-0.15, -0.1) is 0 Å². The van der Waals surface area contributed by atoms with Crippen LogP contribution < -0.4 is 5.32 Å². The Bertz CT molecular complexity index is 540. The third-order valence-electron chi connectivity index (χ3n) is 2.78. The topological polar surface area (TPSA) is 57.8 Å². The number of H-pyrrole nitrogens is 1. The Morgan fingerprint density at radius 1 is 1.28 bits per heavy atom. The van der Waals surface area contributed by atoms with Gasteiger partial charge in [-0.1, -0.05) is 26.0 Å². The Morgan fingerprint density at radius 2 is 1.94 bits per heavy atom. The number of aromatic amines is 1. The number of imidazole rings is 1. The number of hydrogen-bond donors (Lipinski definition) is 2. The molecule has 18 heavy (non-hydrogen) atoms. The Hall–Kier alpha value is -2.10. The standard InChI is InChI=1S/C14H17N3O/c1-9(2)14(18)17-12-6-4-11(5-7-12)13-10(3)15-8-16-13/h4-9H,1-3H3,(H,15,16)(H,17,18). The van der Waals surface area contributed by atoms with E-state index in [1.807, 2.05) is 45.0 Å². The van der Waals surface area contributed by atoms with E-state index >= 15 is 0 Å². The van der Waals surface area contributed by atoms with Crippen molar-refractivity contribution in [2.45, 2.75) is 20.8 Å². The van der Waals surface area contributed by atoms with Crippen LogP contribution in [0.25, 0.3) is 11.3 Å². The van der Waals surface area contributed by atoms with Crippen molar-refractivity contribution in [2.24, 2.45) is 5.92 Å². The van der Waals surface area contributed by atoms with E-state index in [0.717, 1.165) is 22.6 Å². The molecule has 2 rings (SSSR count). The largest absolute Gasteiger partial charge is 0.348 e. The molecule has 0 spiro atoms. The first-order chi connectivity index (χ1) is 8.58. The first kappa shape index (κ1) is 12.4. The third kappa shape index (κ3) is 2.59. The Balaban J connectivity index is 2.16. The number of benzene rings is 1. The molecular weight excluding hydrogens is 226 g/mol. The maximum Gasteiger partial charge on any atom is 0.226 e. The lowest BCUT2D eigenvalue weighted by molar-refractivity contribution is -0.118. The van der Waals surface area contributed by atoms with Crippen LogP contribution in [-0.4, -0.2) is 15.9 Å². The fraction of sp³-hybridized carbons (Fsp3) is 0.286. The smallest absolute Gasteiger partial charge is 0.226 e. The van der Waals surface area contributed by atoms with Crippen LogP contribution in [0.3, 0.4) is 0 Å². The van der Waals surface area contributed by atoms with Crippen LogP contribution in [0.1, 0.15) is 19.5 Å². The summed E-state index contributed by atoms with van der Waals surface area (Å²) >= 11 is 0. The molecule has 0 radical (unpaired) electrons. The Labute approximate surface area is 106 Å². The number of aryl methyl sites for hydroxylation is 1. The molecule has 0 unspecified atom stereocenters. The molecule has 1 aromatic carbocycles. The average Bonchev–Trinajstić information content (AvgIpc) is 2.76. The first-order valence-electron chi connectivity index (χ1n) is 5.99. The van der Waals surface area contributed by atoms with Gasteiger partial charge in [-0.05, 0) is 19.1 Å². The summed E-state index contributed by atoms with van der Waals surface area (Å²) in [6, 6.07) is 7.70. The zero-order valence-corrected chi connectivity index (χ0v) is 10.8. The predicted molar refractivity (Wildman–Crippen MR) is 72.2 cm³/mol. The van der Waals surface area contributed by atoms with Crippen LogP contribution in [0, 0.1) is 12.8 Å². The van der Waals surface area contributed by atoms with Crippen molar-refractivity contribution in [1.82, 2.24) is 9.97 Å². The number of carbonyl (C=O) groups excluding carboxylic acids is 1. The number of carbonyl (C=O) groups is 1. The van der Waals surface area contributed by atoms with Crippen LogP contribution in [0.5, 0.6) is 0 Å². The fourth-order valence-corrected chi connectivity index (χ4v) is 1.65. The monoisotopic (exact) mass is 243 g/mol. The number of aromatic nitrogens is 2.